The van der Waals surface area contributed by atoms with Crippen LogP contribution in [0.2, 0.25) is 0 Å². The second-order valence-corrected chi connectivity index (χ2v) is 14.3. The molecule has 1 N–H and O–H groups in total. The minimum Gasteiger partial charge on any atom is -0.461 e. The number of hydrogen-bond donors (Lipinski definition) is 1. The van der Waals surface area contributed by atoms with Crippen LogP contribution >= 0.6 is 0 Å². The lowest BCUT2D eigenvalue weighted by Gasteiger charge is -2.48. The van der Waals surface area contributed by atoms with Gasteiger partial charge in [0.1, 0.15) is 29.8 Å². The third-order valence-corrected chi connectivity index (χ3v) is 11.4. The van der Waals surface area contributed by atoms with E-state index in [-0.39, 0.29) is 35.0 Å². The highest BCUT2D eigenvalue weighted by Gasteiger charge is 2.49. The number of alkyl halides is 1. The summed E-state index contributed by atoms with van der Waals surface area (Å²) >= 11 is 0. The molecule has 5 aliphatic rings. The number of anilines is 1. The van der Waals surface area contributed by atoms with E-state index in [1.807, 2.05) is 0 Å². The number of hydrogen-bond acceptors (Lipinski definition) is 8. The molecule has 4 aromatic rings. The molecule has 5 fully saturated rings. The van der Waals surface area contributed by atoms with Gasteiger partial charge in [0.25, 0.3) is 0 Å². The summed E-state index contributed by atoms with van der Waals surface area (Å²) in [6.45, 7) is 8.13. The molecule has 0 amide bonds. The maximum Gasteiger partial charge on any atom is 0.319 e. The predicted molar refractivity (Wildman–Crippen MR) is 167 cm³/mol. The number of nitrogens with one attached hydrogen (secondary N) is 1. The van der Waals surface area contributed by atoms with Gasteiger partial charge < -0.3 is 14.4 Å². The van der Waals surface area contributed by atoms with Gasteiger partial charge in [0.05, 0.1) is 34.8 Å². The largest absolute Gasteiger partial charge is 0.461 e. The van der Waals surface area contributed by atoms with Crippen molar-refractivity contribution in [2.24, 2.45) is 5.92 Å². The first-order valence-corrected chi connectivity index (χ1v) is 16.6. The lowest BCUT2D eigenvalue weighted by Crippen LogP contribution is -2.56. The normalized spacial score (nSPS) is 31.2. The SMILES string of the molecule is Cc1cc2[nH]ncc2c(-c2ncc3c(N4CCC[C@]5(CCO5)C4)nc(OC[C@@]45CCCN4C[C@H](F)C5)nc3c2F)c1[C@@H]1C[C@@H]1C. The first-order valence-electron chi connectivity index (χ1n) is 16.6. The van der Waals surface area contributed by atoms with Crippen LogP contribution in [0, 0.1) is 18.7 Å². The first-order chi connectivity index (χ1) is 21.8. The van der Waals surface area contributed by atoms with E-state index in [1.54, 1.807) is 12.4 Å². The van der Waals surface area contributed by atoms with Crippen molar-refractivity contribution in [3.63, 3.8) is 0 Å². The Morgan fingerprint density at radius 3 is 2.78 bits per heavy atom. The number of nitrogens with zero attached hydrogens (tertiary/aromatic N) is 6. The molecule has 45 heavy (non-hydrogen) atoms. The number of fused-ring (bicyclic) bond motifs is 3. The number of H-pyrrole nitrogens is 1. The van der Waals surface area contributed by atoms with Gasteiger partial charge in [-0.3, -0.25) is 15.0 Å². The van der Waals surface area contributed by atoms with Crippen LogP contribution in [-0.2, 0) is 4.74 Å². The summed E-state index contributed by atoms with van der Waals surface area (Å²) in [5.41, 5.74) is 3.80. The van der Waals surface area contributed by atoms with Gasteiger partial charge in [0.15, 0.2) is 5.82 Å². The van der Waals surface area contributed by atoms with Crippen molar-refractivity contribution >= 4 is 27.6 Å². The van der Waals surface area contributed by atoms with Crippen LogP contribution in [-0.4, -0.2) is 86.8 Å². The zero-order chi connectivity index (χ0) is 30.5. The Labute approximate surface area is 260 Å². The average Bonchev–Trinajstić information content (AvgIpc) is 3.30. The molecule has 5 atom stereocenters. The van der Waals surface area contributed by atoms with Crippen molar-refractivity contribution in [2.45, 2.75) is 82.0 Å². The van der Waals surface area contributed by atoms with E-state index in [0.717, 1.165) is 85.8 Å². The van der Waals surface area contributed by atoms with Crippen molar-refractivity contribution in [2.75, 3.05) is 44.3 Å². The summed E-state index contributed by atoms with van der Waals surface area (Å²) < 4.78 is 44.0. The Balaban J connectivity index is 1.18. The van der Waals surface area contributed by atoms with Crippen LogP contribution in [0.4, 0.5) is 14.6 Å². The third-order valence-electron chi connectivity index (χ3n) is 11.4. The molecule has 9 rings (SSSR count). The van der Waals surface area contributed by atoms with Crippen molar-refractivity contribution < 1.29 is 18.3 Å². The maximum absolute atomic E-state index is 17.1. The fourth-order valence-electron chi connectivity index (χ4n) is 8.84. The number of ether oxygens (including phenoxy) is 2. The molecule has 0 unspecified atom stereocenters. The van der Waals surface area contributed by atoms with Crippen LogP contribution in [0.15, 0.2) is 18.5 Å². The molecule has 1 spiro atoms. The van der Waals surface area contributed by atoms with E-state index < -0.39 is 12.0 Å². The van der Waals surface area contributed by atoms with Crippen LogP contribution < -0.4 is 9.64 Å². The lowest BCUT2D eigenvalue weighted by molar-refractivity contribution is -0.151. The van der Waals surface area contributed by atoms with Crippen LogP contribution in [0.25, 0.3) is 33.1 Å². The summed E-state index contributed by atoms with van der Waals surface area (Å²) in [6.07, 6.45) is 8.99. The molecule has 11 heteroatoms. The van der Waals surface area contributed by atoms with Gasteiger partial charge in [-0.25, -0.2) is 8.78 Å². The number of aromatic nitrogens is 5. The Hall–Kier alpha value is -3.44. The minimum absolute atomic E-state index is 0.125. The highest BCUT2D eigenvalue weighted by molar-refractivity contribution is 6.00. The maximum atomic E-state index is 17.1. The zero-order valence-corrected chi connectivity index (χ0v) is 25.9. The Morgan fingerprint density at radius 2 is 1.98 bits per heavy atom. The van der Waals surface area contributed by atoms with Gasteiger partial charge in [0.2, 0.25) is 0 Å². The second kappa shape index (κ2) is 10.0. The fraction of sp³-hybridized carbons (Fsp3) is 0.588. The summed E-state index contributed by atoms with van der Waals surface area (Å²) in [6, 6.07) is 2.22. The van der Waals surface area contributed by atoms with Gasteiger partial charge >= 0.3 is 6.01 Å². The van der Waals surface area contributed by atoms with Crippen molar-refractivity contribution in [3.8, 4) is 17.3 Å². The van der Waals surface area contributed by atoms with Crippen molar-refractivity contribution in [1.29, 1.82) is 0 Å². The zero-order valence-electron chi connectivity index (χ0n) is 25.9. The van der Waals surface area contributed by atoms with E-state index in [1.165, 1.54) is 0 Å². The molecule has 9 nitrogen and oxygen atoms in total. The van der Waals surface area contributed by atoms with Gasteiger partial charge in [0, 0.05) is 49.6 Å². The summed E-state index contributed by atoms with van der Waals surface area (Å²) in [4.78, 5) is 18.8. The number of halogens is 2. The monoisotopic (exact) mass is 615 g/mol. The molecule has 7 heterocycles. The number of benzene rings is 1. The summed E-state index contributed by atoms with van der Waals surface area (Å²) in [5, 5.41) is 8.79. The molecule has 0 bridgehead atoms. The summed E-state index contributed by atoms with van der Waals surface area (Å²) in [7, 11) is 0. The van der Waals surface area contributed by atoms with Gasteiger partial charge in [-0.05, 0) is 74.6 Å². The van der Waals surface area contributed by atoms with Crippen LogP contribution in [0.3, 0.4) is 0 Å². The molecule has 3 aromatic heterocycles. The number of aromatic amines is 1. The Bertz CT molecular complexity index is 1830. The standard InChI is InChI=1S/C34H39F2N7O2/c1-19-11-22(19)26-20(2)12-25-23(15-38-41-25)27(26)30-28(36)29-24(14-37-30)31(42-8-4-6-34(17-42)7-10-45-34)40-32(39-29)44-18-33-5-3-9-43(33)16-21(35)13-33/h12,14-15,19,21-22H,3-11,13,16-18H2,1-2H3,(H,38,41)/t19-,21+,22+,33-,34-/m0/s1. The molecule has 1 aliphatic carbocycles. The van der Waals surface area contributed by atoms with Gasteiger partial charge in [-0.1, -0.05) is 6.92 Å². The fourth-order valence-corrected chi connectivity index (χ4v) is 8.84. The lowest BCUT2D eigenvalue weighted by atomic mass is 9.86. The number of piperidine rings is 1. The number of aryl methyl sites for hydroxylation is 1. The van der Waals surface area contributed by atoms with E-state index in [9.17, 15) is 4.39 Å². The van der Waals surface area contributed by atoms with E-state index in [2.05, 4.69) is 39.9 Å². The topological polar surface area (TPSA) is 92.3 Å². The highest BCUT2D eigenvalue weighted by atomic mass is 19.1. The van der Waals surface area contributed by atoms with Gasteiger partial charge in [-0.15, -0.1) is 0 Å². The first kappa shape index (κ1) is 27.8. The second-order valence-electron chi connectivity index (χ2n) is 14.3. The van der Waals surface area contributed by atoms with Crippen molar-refractivity contribution in [3.05, 3.63) is 35.4 Å². The molecular weight excluding hydrogens is 576 g/mol. The van der Waals surface area contributed by atoms with E-state index in [0.29, 0.717) is 42.6 Å². The van der Waals surface area contributed by atoms with E-state index >= 15 is 4.39 Å². The molecule has 1 saturated carbocycles. The van der Waals surface area contributed by atoms with Crippen molar-refractivity contribution in [1.82, 2.24) is 30.0 Å². The molecule has 4 saturated heterocycles. The van der Waals surface area contributed by atoms with Crippen LogP contribution in [0.1, 0.15) is 68.9 Å². The average molecular weight is 616 g/mol. The molecule has 4 aliphatic heterocycles. The minimum atomic E-state index is -0.863. The third kappa shape index (κ3) is 4.36. The number of rotatable bonds is 6. The smallest absolute Gasteiger partial charge is 0.319 e. The molecular formula is C34H39F2N7O2. The van der Waals surface area contributed by atoms with Crippen LogP contribution in [0.5, 0.6) is 6.01 Å². The highest BCUT2D eigenvalue weighted by Crippen LogP contribution is 2.53. The molecule has 236 valence electrons. The van der Waals surface area contributed by atoms with E-state index in [4.69, 9.17) is 24.4 Å². The van der Waals surface area contributed by atoms with Gasteiger partial charge in [-0.2, -0.15) is 15.1 Å². The number of pyridine rings is 1. The quantitative estimate of drug-likeness (QED) is 0.289. The Kier molecular flexibility index (Phi) is 6.20. The molecule has 1 aromatic carbocycles. The Morgan fingerprint density at radius 1 is 1.13 bits per heavy atom. The summed E-state index contributed by atoms with van der Waals surface area (Å²) in [5.74, 6) is 1.01. The molecule has 0 radical (unpaired) electrons. The predicted octanol–water partition coefficient (Wildman–Crippen LogP) is 5.85.